The highest BCUT2D eigenvalue weighted by Gasteiger charge is 2.39. The lowest BCUT2D eigenvalue weighted by Crippen LogP contribution is -2.21. The van der Waals surface area contributed by atoms with Crippen molar-refractivity contribution in [3.63, 3.8) is 0 Å². The average Bonchev–Trinajstić information content (AvgIpc) is 3.83. The van der Waals surface area contributed by atoms with Crippen LogP contribution in [0.4, 0.5) is 17.1 Å². The molecule has 260 valence electrons. The summed E-state index contributed by atoms with van der Waals surface area (Å²) in [4.78, 5) is 2.39. The van der Waals surface area contributed by atoms with Crippen LogP contribution in [0.25, 0.3) is 60.5 Å². The first-order valence-electron chi connectivity index (χ1n) is 18.9. The molecule has 1 aliphatic heterocycles. The van der Waals surface area contributed by atoms with Crippen molar-refractivity contribution in [3.8, 4) is 28.0 Å². The number of allylic oxidation sites excluding steroid dienone is 2. The summed E-state index contributed by atoms with van der Waals surface area (Å²) in [5, 5.41) is 4.53. The number of anilines is 3. The molecule has 9 aromatic rings. The summed E-state index contributed by atoms with van der Waals surface area (Å²) in [6.45, 7) is 0. The van der Waals surface area contributed by atoms with E-state index in [0.717, 1.165) is 66.6 Å². The van der Waals surface area contributed by atoms with Crippen molar-refractivity contribution >= 4 is 55.3 Å². The van der Waals surface area contributed by atoms with Crippen LogP contribution in [0, 0.1) is 0 Å². The molecule has 3 heteroatoms. The van der Waals surface area contributed by atoms with Gasteiger partial charge in [0.2, 0.25) is 0 Å². The lowest BCUT2D eigenvalue weighted by molar-refractivity contribution is 0.281. The summed E-state index contributed by atoms with van der Waals surface area (Å²) < 4.78 is 13.1. The highest BCUT2D eigenvalue weighted by molar-refractivity contribution is 6.07. The Balaban J connectivity index is 0.989. The van der Waals surface area contributed by atoms with Crippen LogP contribution in [-0.4, -0.2) is 6.10 Å². The van der Waals surface area contributed by atoms with Crippen molar-refractivity contribution < 1.29 is 9.15 Å². The third-order valence-electron chi connectivity index (χ3n) is 11.2. The van der Waals surface area contributed by atoms with Gasteiger partial charge in [0.15, 0.2) is 0 Å². The molecule has 2 heterocycles. The Morgan fingerprint density at radius 2 is 1.02 bits per heavy atom. The molecular formula is C52H35NO2. The number of hydrogen-bond donors (Lipinski definition) is 0. The van der Waals surface area contributed by atoms with Crippen molar-refractivity contribution in [2.45, 2.75) is 12.0 Å². The Bertz CT molecular complexity index is 2940. The van der Waals surface area contributed by atoms with E-state index in [1.807, 2.05) is 12.1 Å². The van der Waals surface area contributed by atoms with Crippen LogP contribution in [-0.2, 0) is 0 Å². The van der Waals surface area contributed by atoms with E-state index in [0.29, 0.717) is 0 Å². The topological polar surface area (TPSA) is 25.6 Å². The van der Waals surface area contributed by atoms with Crippen molar-refractivity contribution in [1.29, 1.82) is 0 Å². The molecular weight excluding hydrogens is 671 g/mol. The highest BCUT2D eigenvalue weighted by Crippen LogP contribution is 2.53. The maximum Gasteiger partial charge on any atom is 0.135 e. The fourth-order valence-electron chi connectivity index (χ4n) is 8.57. The first kappa shape index (κ1) is 31.4. The van der Waals surface area contributed by atoms with Crippen LogP contribution >= 0.6 is 0 Å². The molecule has 2 aliphatic rings. The van der Waals surface area contributed by atoms with E-state index in [1.165, 1.54) is 27.8 Å². The molecule has 0 radical (unpaired) electrons. The van der Waals surface area contributed by atoms with Gasteiger partial charge in [0, 0.05) is 50.0 Å². The summed E-state index contributed by atoms with van der Waals surface area (Å²) in [7, 11) is 0. The number of benzene rings is 8. The number of furan rings is 1. The Morgan fingerprint density at radius 3 is 1.82 bits per heavy atom. The van der Waals surface area contributed by atoms with Crippen LogP contribution < -0.4 is 9.64 Å². The molecule has 1 aromatic heterocycles. The van der Waals surface area contributed by atoms with E-state index in [2.05, 4.69) is 193 Å². The Morgan fingerprint density at radius 1 is 0.436 bits per heavy atom. The highest BCUT2D eigenvalue weighted by atomic mass is 16.5. The summed E-state index contributed by atoms with van der Waals surface area (Å²) in [6.07, 6.45) is 6.61. The minimum absolute atomic E-state index is 0.0843. The van der Waals surface area contributed by atoms with E-state index in [-0.39, 0.29) is 12.0 Å². The molecule has 0 saturated heterocycles. The maximum atomic E-state index is 7.02. The second-order valence-electron chi connectivity index (χ2n) is 14.4. The predicted octanol–water partition coefficient (Wildman–Crippen LogP) is 14.0. The van der Waals surface area contributed by atoms with Gasteiger partial charge in [-0.15, -0.1) is 0 Å². The second-order valence-corrected chi connectivity index (χ2v) is 14.4. The van der Waals surface area contributed by atoms with E-state index >= 15 is 0 Å². The van der Waals surface area contributed by atoms with Crippen LogP contribution in [0.3, 0.4) is 0 Å². The SMILES string of the molecule is C1=CC2c3cc(N(c4ccccc4)c4ccc(-c5ccc6oc7ccccc7c6c5)cc4)c4ccccc4c3OC2C(c2ccc(-c3ccccc3)cc2)=C1. The molecule has 55 heavy (non-hydrogen) atoms. The van der Waals surface area contributed by atoms with E-state index in [9.17, 15) is 0 Å². The summed E-state index contributed by atoms with van der Waals surface area (Å²) in [5.74, 6) is 1.05. The molecule has 0 fully saturated rings. The Labute approximate surface area is 319 Å². The zero-order valence-electron chi connectivity index (χ0n) is 30.0. The van der Waals surface area contributed by atoms with Gasteiger partial charge in [-0.1, -0.05) is 152 Å². The van der Waals surface area contributed by atoms with Crippen LogP contribution in [0.1, 0.15) is 17.0 Å². The molecule has 0 N–H and O–H groups in total. The van der Waals surface area contributed by atoms with Crippen LogP contribution in [0.5, 0.6) is 5.75 Å². The average molecular weight is 706 g/mol. The van der Waals surface area contributed by atoms with E-state index in [1.54, 1.807) is 0 Å². The largest absolute Gasteiger partial charge is 0.484 e. The molecule has 2 atom stereocenters. The predicted molar refractivity (Wildman–Crippen MR) is 227 cm³/mol. The third kappa shape index (κ3) is 5.27. The monoisotopic (exact) mass is 705 g/mol. The minimum atomic E-state index is -0.115. The number of ether oxygens (including phenoxy) is 1. The Hall–Kier alpha value is -7.10. The number of rotatable bonds is 6. The molecule has 0 spiro atoms. The molecule has 1 aliphatic carbocycles. The first-order valence-corrected chi connectivity index (χ1v) is 18.9. The molecule has 0 saturated carbocycles. The smallest absolute Gasteiger partial charge is 0.135 e. The van der Waals surface area contributed by atoms with E-state index in [4.69, 9.17) is 9.15 Å². The minimum Gasteiger partial charge on any atom is -0.484 e. The summed E-state index contributed by atoms with van der Waals surface area (Å²) in [6, 6.07) is 64.8. The van der Waals surface area contributed by atoms with Crippen molar-refractivity contribution in [1.82, 2.24) is 0 Å². The molecule has 11 rings (SSSR count). The van der Waals surface area contributed by atoms with Gasteiger partial charge < -0.3 is 14.1 Å². The normalized spacial score (nSPS) is 15.8. The van der Waals surface area contributed by atoms with Gasteiger partial charge >= 0.3 is 0 Å². The molecule has 8 aromatic carbocycles. The molecule has 0 bridgehead atoms. The first-order chi connectivity index (χ1) is 27.3. The molecule has 3 nitrogen and oxygen atoms in total. The standard InChI is InChI=1S/C52H35NO2/c1-3-12-34(13-4-1)35-22-24-37(25-23-35)41-19-11-20-45-47-33-48(42-16-7-8-18-44(42)52(47)55-51(41)45)53(39-14-5-2-6-15-39)40-29-26-36(27-30-40)38-28-31-50-46(32-38)43-17-9-10-21-49(43)54-50/h1-33,45,51H. The lowest BCUT2D eigenvalue weighted by Gasteiger charge is -2.28. The van der Waals surface area contributed by atoms with Crippen molar-refractivity contribution in [3.05, 3.63) is 211 Å². The molecule has 0 amide bonds. The van der Waals surface area contributed by atoms with E-state index < -0.39 is 0 Å². The van der Waals surface area contributed by atoms with Gasteiger partial charge in [-0.05, 0) is 76.3 Å². The lowest BCUT2D eigenvalue weighted by atomic mass is 9.83. The quantitative estimate of drug-likeness (QED) is 0.172. The van der Waals surface area contributed by atoms with Crippen LogP contribution in [0.2, 0.25) is 0 Å². The number of para-hydroxylation sites is 2. The Kier molecular flexibility index (Phi) is 7.31. The van der Waals surface area contributed by atoms with Gasteiger partial charge in [-0.3, -0.25) is 0 Å². The van der Waals surface area contributed by atoms with Gasteiger partial charge in [0.25, 0.3) is 0 Å². The zero-order valence-corrected chi connectivity index (χ0v) is 30.0. The van der Waals surface area contributed by atoms with Gasteiger partial charge in [0.1, 0.15) is 23.0 Å². The second kappa shape index (κ2) is 12.8. The maximum absolute atomic E-state index is 7.02. The van der Waals surface area contributed by atoms with Crippen molar-refractivity contribution in [2.75, 3.05) is 4.90 Å². The molecule has 2 unspecified atom stereocenters. The fourth-order valence-corrected chi connectivity index (χ4v) is 8.57. The fraction of sp³-hybridized carbons (Fsp3) is 0.0385. The van der Waals surface area contributed by atoms with Gasteiger partial charge in [-0.25, -0.2) is 0 Å². The number of nitrogens with zero attached hydrogens (tertiary/aromatic N) is 1. The third-order valence-corrected chi connectivity index (χ3v) is 11.2. The number of hydrogen-bond acceptors (Lipinski definition) is 3. The summed E-state index contributed by atoms with van der Waals surface area (Å²) in [5.41, 5.74) is 13.5. The van der Waals surface area contributed by atoms with Gasteiger partial charge in [0.05, 0.1) is 5.69 Å². The van der Waals surface area contributed by atoms with Gasteiger partial charge in [-0.2, -0.15) is 0 Å². The van der Waals surface area contributed by atoms with Crippen molar-refractivity contribution in [2.24, 2.45) is 0 Å². The number of fused-ring (bicyclic) bond motifs is 8. The van der Waals surface area contributed by atoms with Crippen LogP contribution in [0.15, 0.2) is 205 Å². The zero-order chi connectivity index (χ0) is 36.3. The summed E-state index contributed by atoms with van der Waals surface area (Å²) >= 11 is 0.